The van der Waals surface area contributed by atoms with Crippen LogP contribution in [0.15, 0.2) is 215 Å². The van der Waals surface area contributed by atoms with Gasteiger partial charge in [0.15, 0.2) is 0 Å². The number of fused-ring (bicyclic) bond motifs is 11. The second-order valence-corrected chi connectivity index (χ2v) is 15.9. The van der Waals surface area contributed by atoms with Crippen molar-refractivity contribution in [3.8, 4) is 33.4 Å². The second kappa shape index (κ2) is 12.2. The summed E-state index contributed by atoms with van der Waals surface area (Å²) in [5, 5.41) is 9.33. The van der Waals surface area contributed by atoms with Gasteiger partial charge in [0, 0.05) is 21.5 Å². The highest BCUT2D eigenvalue weighted by molar-refractivity contribution is 6.16. The molecule has 1 aliphatic carbocycles. The molecular weight excluding hydrogens is 717 g/mol. The van der Waals surface area contributed by atoms with Crippen LogP contribution in [0.4, 0.5) is 0 Å². The van der Waals surface area contributed by atoms with Gasteiger partial charge in [-0.2, -0.15) is 0 Å². The summed E-state index contributed by atoms with van der Waals surface area (Å²) in [6, 6.07) is 75.3. The van der Waals surface area contributed by atoms with Gasteiger partial charge in [0.2, 0.25) is 0 Å². The fraction of sp³-hybridized carbons (Fsp3) is 0.0175. The monoisotopic (exact) mass is 750 g/mol. The Morgan fingerprint density at radius 1 is 0.305 bits per heavy atom. The number of rotatable bonds is 4. The molecule has 0 N–H and O–H groups in total. The average molecular weight is 751 g/mol. The molecule has 0 spiro atoms. The Labute approximate surface area is 340 Å². The lowest BCUT2D eigenvalue weighted by atomic mass is 9.67. The molecule has 0 atom stereocenters. The lowest BCUT2D eigenvalue weighted by molar-refractivity contribution is 0.669. The van der Waals surface area contributed by atoms with Crippen LogP contribution in [0.25, 0.3) is 98.8 Å². The third-order valence-electron chi connectivity index (χ3n) is 12.9. The molecule has 274 valence electrons. The molecular formula is C57H34O2. The van der Waals surface area contributed by atoms with Gasteiger partial charge in [0.05, 0.1) is 5.41 Å². The van der Waals surface area contributed by atoms with Gasteiger partial charge in [0.1, 0.15) is 22.3 Å². The Balaban J connectivity index is 1.15. The maximum Gasteiger partial charge on any atom is 0.136 e. The Morgan fingerprint density at radius 3 is 1.71 bits per heavy atom. The third kappa shape index (κ3) is 4.51. The predicted molar refractivity (Wildman–Crippen MR) is 244 cm³/mol. The molecule has 2 heteroatoms. The summed E-state index contributed by atoms with van der Waals surface area (Å²) in [5.41, 5.74) is 15.1. The van der Waals surface area contributed by atoms with Crippen molar-refractivity contribution >= 4 is 65.4 Å². The molecule has 0 aliphatic heterocycles. The van der Waals surface area contributed by atoms with Crippen LogP contribution in [-0.2, 0) is 5.41 Å². The summed E-state index contributed by atoms with van der Waals surface area (Å²) in [6.07, 6.45) is 0. The van der Waals surface area contributed by atoms with E-state index in [2.05, 4.69) is 200 Å². The molecule has 0 bridgehead atoms. The quantitative estimate of drug-likeness (QED) is 0.179. The van der Waals surface area contributed by atoms with Crippen LogP contribution in [0.3, 0.4) is 0 Å². The first-order valence-electron chi connectivity index (χ1n) is 20.3. The zero-order valence-electron chi connectivity index (χ0n) is 31.9. The highest BCUT2D eigenvalue weighted by Gasteiger charge is 2.47. The van der Waals surface area contributed by atoms with Crippen molar-refractivity contribution in [2.24, 2.45) is 0 Å². The normalized spacial score (nSPS) is 13.2. The minimum absolute atomic E-state index is 0.617. The van der Waals surface area contributed by atoms with Crippen molar-refractivity contribution in [1.82, 2.24) is 0 Å². The summed E-state index contributed by atoms with van der Waals surface area (Å²) in [5.74, 6) is 0. The lowest BCUT2D eigenvalue weighted by Crippen LogP contribution is -2.28. The summed E-state index contributed by atoms with van der Waals surface area (Å²) in [4.78, 5) is 0. The molecule has 2 heterocycles. The number of para-hydroxylation sites is 1. The van der Waals surface area contributed by atoms with Gasteiger partial charge in [-0.25, -0.2) is 0 Å². The summed E-state index contributed by atoms with van der Waals surface area (Å²) >= 11 is 0. The van der Waals surface area contributed by atoms with Gasteiger partial charge < -0.3 is 8.83 Å². The van der Waals surface area contributed by atoms with E-state index in [1.165, 1.54) is 60.5 Å². The highest BCUT2D eigenvalue weighted by atomic mass is 16.3. The first-order valence-corrected chi connectivity index (χ1v) is 20.3. The summed E-state index contributed by atoms with van der Waals surface area (Å²) in [6.45, 7) is 0. The van der Waals surface area contributed by atoms with E-state index in [9.17, 15) is 0 Å². The van der Waals surface area contributed by atoms with Crippen molar-refractivity contribution in [2.45, 2.75) is 5.41 Å². The maximum atomic E-state index is 6.60. The Kier molecular flexibility index (Phi) is 6.68. The van der Waals surface area contributed by atoms with Gasteiger partial charge in [-0.05, 0) is 126 Å². The largest absolute Gasteiger partial charge is 0.456 e. The molecule has 0 unspecified atom stereocenters. The fourth-order valence-corrected chi connectivity index (χ4v) is 10.4. The lowest BCUT2D eigenvalue weighted by Gasteiger charge is -2.34. The van der Waals surface area contributed by atoms with Crippen molar-refractivity contribution in [3.63, 3.8) is 0 Å². The Bertz CT molecular complexity index is 3620. The standard InChI is InChI=1S/C57H34O2/c1-3-17-40(18-4-1)57(41-19-5-2-6-20-41)48-31-38(43-23-13-25-51-55(43)47-30-35-14-7-8-15-36(35)33-53(47)59-51)26-29-46(48)56-49(57)32-37-16-9-10-21-42(37)54(56)39-27-28-45-44-22-11-12-24-50(44)58-52(45)34-39/h1-34H. The molecule has 0 amide bonds. The fourth-order valence-electron chi connectivity index (χ4n) is 10.4. The Hall–Kier alpha value is -7.68. The van der Waals surface area contributed by atoms with E-state index < -0.39 is 5.41 Å². The van der Waals surface area contributed by atoms with Gasteiger partial charge in [-0.3, -0.25) is 0 Å². The molecule has 13 rings (SSSR count). The van der Waals surface area contributed by atoms with Crippen molar-refractivity contribution < 1.29 is 8.83 Å². The van der Waals surface area contributed by atoms with E-state index in [1.54, 1.807) is 0 Å². The van der Waals surface area contributed by atoms with E-state index in [1.807, 2.05) is 6.07 Å². The van der Waals surface area contributed by atoms with Crippen LogP contribution < -0.4 is 0 Å². The van der Waals surface area contributed by atoms with Crippen molar-refractivity contribution in [1.29, 1.82) is 0 Å². The van der Waals surface area contributed by atoms with Gasteiger partial charge in [-0.1, -0.05) is 158 Å². The predicted octanol–water partition coefficient (Wildman–Crippen LogP) is 15.5. The Morgan fingerprint density at radius 2 is 0.915 bits per heavy atom. The van der Waals surface area contributed by atoms with E-state index >= 15 is 0 Å². The van der Waals surface area contributed by atoms with Gasteiger partial charge >= 0.3 is 0 Å². The third-order valence-corrected chi connectivity index (χ3v) is 12.9. The first-order chi connectivity index (χ1) is 29.2. The van der Waals surface area contributed by atoms with Crippen LogP contribution >= 0.6 is 0 Å². The second-order valence-electron chi connectivity index (χ2n) is 15.9. The first kappa shape index (κ1) is 32.4. The molecule has 2 nitrogen and oxygen atoms in total. The summed E-state index contributed by atoms with van der Waals surface area (Å²) < 4.78 is 13.1. The van der Waals surface area contributed by atoms with Crippen LogP contribution in [0.2, 0.25) is 0 Å². The number of hydrogen-bond donors (Lipinski definition) is 0. The molecule has 0 saturated heterocycles. The SMILES string of the molecule is c1ccc(C2(c3ccccc3)c3cc(-c4cccc5oc6cc7ccccc7cc6c45)ccc3-c3c2cc2ccccc2c3-c2ccc3c(c2)oc2ccccc23)cc1. The van der Waals surface area contributed by atoms with Crippen LogP contribution in [0.1, 0.15) is 22.3 Å². The van der Waals surface area contributed by atoms with Crippen LogP contribution in [-0.4, -0.2) is 0 Å². The van der Waals surface area contributed by atoms with Gasteiger partial charge in [0.25, 0.3) is 0 Å². The minimum atomic E-state index is -0.617. The zero-order valence-corrected chi connectivity index (χ0v) is 31.9. The zero-order chi connectivity index (χ0) is 38.7. The van der Waals surface area contributed by atoms with Crippen molar-refractivity contribution in [2.75, 3.05) is 0 Å². The van der Waals surface area contributed by atoms with E-state index in [0.29, 0.717) is 0 Å². The molecule has 0 saturated carbocycles. The number of furan rings is 2. The van der Waals surface area contributed by atoms with E-state index in [-0.39, 0.29) is 0 Å². The minimum Gasteiger partial charge on any atom is -0.456 e. The smallest absolute Gasteiger partial charge is 0.136 e. The molecule has 2 aromatic heterocycles. The topological polar surface area (TPSA) is 26.3 Å². The van der Waals surface area contributed by atoms with Crippen molar-refractivity contribution in [3.05, 3.63) is 229 Å². The highest BCUT2D eigenvalue weighted by Crippen LogP contribution is 2.60. The van der Waals surface area contributed by atoms with E-state index in [0.717, 1.165) is 60.6 Å². The molecule has 59 heavy (non-hydrogen) atoms. The number of hydrogen-bond acceptors (Lipinski definition) is 2. The molecule has 10 aromatic carbocycles. The molecule has 12 aromatic rings. The van der Waals surface area contributed by atoms with Crippen LogP contribution in [0.5, 0.6) is 0 Å². The summed E-state index contributed by atoms with van der Waals surface area (Å²) in [7, 11) is 0. The maximum absolute atomic E-state index is 6.60. The van der Waals surface area contributed by atoms with E-state index in [4.69, 9.17) is 8.83 Å². The molecule has 1 aliphatic rings. The molecule has 0 fully saturated rings. The number of benzene rings is 10. The van der Waals surface area contributed by atoms with Gasteiger partial charge in [-0.15, -0.1) is 0 Å². The average Bonchev–Trinajstić information content (AvgIpc) is 3.95. The molecule has 0 radical (unpaired) electrons. The van der Waals surface area contributed by atoms with Crippen LogP contribution in [0, 0.1) is 0 Å².